The largest absolute Gasteiger partial charge is 0.493 e. The zero-order valence-electron chi connectivity index (χ0n) is 12.8. The Morgan fingerprint density at radius 3 is 2.50 bits per heavy atom. The van der Waals surface area contributed by atoms with E-state index in [2.05, 4.69) is 11.9 Å². The maximum Gasteiger partial charge on any atom is 0.352 e. The van der Waals surface area contributed by atoms with E-state index < -0.39 is 11.9 Å². The number of hydrogen-bond acceptors (Lipinski definition) is 4. The lowest BCUT2D eigenvalue weighted by molar-refractivity contribution is -0.134. The number of methoxy groups -OCH3 is 1. The van der Waals surface area contributed by atoms with Crippen molar-refractivity contribution >= 4 is 18.0 Å². The predicted molar refractivity (Wildman–Crippen MR) is 82.7 cm³/mol. The van der Waals surface area contributed by atoms with Crippen LogP contribution in [0.4, 0.5) is 0 Å². The van der Waals surface area contributed by atoms with Crippen LogP contribution in [0.1, 0.15) is 19.4 Å². The Morgan fingerprint density at radius 2 is 2.00 bits per heavy atom. The summed E-state index contributed by atoms with van der Waals surface area (Å²) in [7, 11) is 1.49. The second-order valence-electron chi connectivity index (χ2n) is 4.70. The molecule has 0 aromatic heterocycles. The molecule has 0 fully saturated rings. The first kappa shape index (κ1) is 17.3. The molecular weight excluding hydrogens is 286 g/mol. The maximum atomic E-state index is 11.1. The summed E-state index contributed by atoms with van der Waals surface area (Å²) in [6, 6.07) is 4.96. The number of nitrogens with one attached hydrogen (secondary N) is 1. The normalized spacial score (nSPS) is 10.8. The first-order valence-corrected chi connectivity index (χ1v) is 6.51. The zero-order valence-corrected chi connectivity index (χ0v) is 12.8. The third kappa shape index (κ3) is 5.32. The molecule has 0 aliphatic heterocycles. The third-order valence-corrected chi connectivity index (χ3v) is 2.51. The Labute approximate surface area is 129 Å². The van der Waals surface area contributed by atoms with Crippen molar-refractivity contribution in [3.05, 3.63) is 41.6 Å². The van der Waals surface area contributed by atoms with Gasteiger partial charge in [0.1, 0.15) is 12.3 Å². The van der Waals surface area contributed by atoms with Gasteiger partial charge < -0.3 is 19.9 Å². The predicted octanol–water partition coefficient (Wildman–Crippen LogP) is 2.21. The summed E-state index contributed by atoms with van der Waals surface area (Å²) in [4.78, 5) is 22.1. The molecule has 0 aliphatic rings. The van der Waals surface area contributed by atoms with Gasteiger partial charge in [-0.05, 0) is 36.3 Å². The smallest absolute Gasteiger partial charge is 0.352 e. The van der Waals surface area contributed by atoms with E-state index in [1.54, 1.807) is 18.2 Å². The van der Waals surface area contributed by atoms with E-state index in [4.69, 9.17) is 14.6 Å². The number of aliphatic carboxylic acids is 1. The molecule has 1 aromatic rings. The number of carboxylic acid groups (broad SMARTS) is 1. The average molecular weight is 305 g/mol. The van der Waals surface area contributed by atoms with Gasteiger partial charge in [-0.1, -0.05) is 12.6 Å². The van der Waals surface area contributed by atoms with Gasteiger partial charge in [0.15, 0.2) is 11.5 Å². The lowest BCUT2D eigenvalue weighted by Crippen LogP contribution is -2.24. The zero-order chi connectivity index (χ0) is 16.7. The second-order valence-corrected chi connectivity index (χ2v) is 4.70. The van der Waals surface area contributed by atoms with E-state index in [1.165, 1.54) is 20.1 Å². The molecular formula is C16H19NO5. The lowest BCUT2D eigenvalue weighted by Gasteiger charge is -2.11. The fourth-order valence-corrected chi connectivity index (χ4v) is 1.60. The highest BCUT2D eigenvalue weighted by Gasteiger charge is 2.10. The number of hydrogen-bond donors (Lipinski definition) is 2. The molecule has 118 valence electrons. The Balaban J connectivity index is 3.07. The Bertz CT molecular complexity index is 619. The van der Waals surface area contributed by atoms with Crippen molar-refractivity contribution in [2.24, 2.45) is 0 Å². The van der Waals surface area contributed by atoms with Crippen LogP contribution in [0.5, 0.6) is 11.5 Å². The van der Waals surface area contributed by atoms with Gasteiger partial charge in [-0.3, -0.25) is 4.79 Å². The van der Waals surface area contributed by atoms with Crippen LogP contribution in [0, 0.1) is 0 Å². The van der Waals surface area contributed by atoms with Gasteiger partial charge in [0.25, 0.3) is 0 Å². The van der Waals surface area contributed by atoms with Crippen LogP contribution in [-0.2, 0) is 9.59 Å². The minimum atomic E-state index is -1.23. The molecule has 6 nitrogen and oxygen atoms in total. The fourth-order valence-electron chi connectivity index (χ4n) is 1.60. The summed E-state index contributed by atoms with van der Waals surface area (Å²) < 4.78 is 10.8. The van der Waals surface area contributed by atoms with Crippen molar-refractivity contribution in [2.75, 3.05) is 13.7 Å². The minimum absolute atomic E-state index is 0.217. The van der Waals surface area contributed by atoms with Crippen LogP contribution in [0.25, 0.3) is 6.08 Å². The van der Waals surface area contributed by atoms with Crippen LogP contribution in [-0.4, -0.2) is 30.7 Å². The molecule has 0 unspecified atom stereocenters. The summed E-state index contributed by atoms with van der Waals surface area (Å²) in [5.41, 5.74) is 1.21. The Kier molecular flexibility index (Phi) is 6.19. The topological polar surface area (TPSA) is 84.9 Å². The quantitative estimate of drug-likeness (QED) is 0.596. The van der Waals surface area contributed by atoms with Crippen LogP contribution in [0.2, 0.25) is 0 Å². The monoisotopic (exact) mass is 305 g/mol. The van der Waals surface area contributed by atoms with Crippen molar-refractivity contribution in [3.63, 3.8) is 0 Å². The van der Waals surface area contributed by atoms with Crippen molar-refractivity contribution in [3.8, 4) is 11.5 Å². The van der Waals surface area contributed by atoms with Crippen molar-refractivity contribution in [2.45, 2.75) is 13.8 Å². The van der Waals surface area contributed by atoms with Gasteiger partial charge in [0.2, 0.25) is 5.91 Å². The van der Waals surface area contributed by atoms with Crippen LogP contribution < -0.4 is 14.8 Å². The molecule has 1 rings (SSSR count). The molecule has 6 heteroatoms. The van der Waals surface area contributed by atoms with Gasteiger partial charge in [-0.2, -0.15) is 0 Å². The highest BCUT2D eigenvalue weighted by Crippen LogP contribution is 2.29. The number of benzene rings is 1. The molecule has 0 bridgehead atoms. The molecule has 0 spiro atoms. The van der Waals surface area contributed by atoms with E-state index in [0.717, 1.165) is 5.57 Å². The first-order chi connectivity index (χ1) is 10.3. The lowest BCUT2D eigenvalue weighted by atomic mass is 10.1. The van der Waals surface area contributed by atoms with Crippen molar-refractivity contribution in [1.82, 2.24) is 5.32 Å². The summed E-state index contributed by atoms with van der Waals surface area (Å²) in [5.74, 6) is -0.694. The maximum absolute atomic E-state index is 11.1. The van der Waals surface area contributed by atoms with Crippen LogP contribution in [0.15, 0.2) is 36.0 Å². The molecule has 0 saturated carbocycles. The highest BCUT2D eigenvalue weighted by molar-refractivity contribution is 5.96. The van der Waals surface area contributed by atoms with E-state index in [1.807, 2.05) is 6.92 Å². The standard InChI is InChI=1S/C16H19NO5/c1-10(2)9-22-14-6-5-12(8-15(14)21-4)7-13(16(19)20)17-11(3)18/h5-8H,1,9H2,2-4H3,(H,17,18)(H,19,20)/b13-7+. The number of carboxylic acids is 1. The van der Waals surface area contributed by atoms with E-state index in [-0.39, 0.29) is 5.70 Å². The molecule has 22 heavy (non-hydrogen) atoms. The molecule has 0 saturated heterocycles. The molecule has 2 N–H and O–H groups in total. The van der Waals surface area contributed by atoms with Crippen LogP contribution >= 0.6 is 0 Å². The van der Waals surface area contributed by atoms with Gasteiger partial charge in [-0.25, -0.2) is 4.79 Å². The fraction of sp³-hybridized carbons (Fsp3) is 0.250. The summed E-state index contributed by atoms with van der Waals surface area (Å²) in [6.45, 7) is 7.19. The molecule has 1 amide bonds. The van der Waals surface area contributed by atoms with E-state index >= 15 is 0 Å². The molecule has 1 aromatic carbocycles. The minimum Gasteiger partial charge on any atom is -0.493 e. The number of carbonyl (C=O) groups is 2. The second kappa shape index (κ2) is 7.87. The van der Waals surface area contributed by atoms with E-state index in [0.29, 0.717) is 23.7 Å². The Morgan fingerprint density at radius 1 is 1.32 bits per heavy atom. The van der Waals surface area contributed by atoms with Crippen molar-refractivity contribution < 1.29 is 24.2 Å². The van der Waals surface area contributed by atoms with Crippen molar-refractivity contribution in [1.29, 1.82) is 0 Å². The first-order valence-electron chi connectivity index (χ1n) is 6.51. The Hall–Kier alpha value is -2.76. The third-order valence-electron chi connectivity index (χ3n) is 2.51. The SMILES string of the molecule is C=C(C)COc1ccc(/C=C(/NC(C)=O)C(=O)O)cc1OC. The number of amides is 1. The van der Waals surface area contributed by atoms with Gasteiger partial charge in [0.05, 0.1) is 7.11 Å². The summed E-state index contributed by atoms with van der Waals surface area (Å²) in [5, 5.41) is 11.3. The molecule has 0 radical (unpaired) electrons. The molecule has 0 atom stereocenters. The summed E-state index contributed by atoms with van der Waals surface area (Å²) >= 11 is 0. The van der Waals surface area contributed by atoms with Gasteiger partial charge in [-0.15, -0.1) is 0 Å². The number of ether oxygens (including phenoxy) is 2. The molecule has 0 heterocycles. The highest BCUT2D eigenvalue weighted by atomic mass is 16.5. The van der Waals surface area contributed by atoms with Crippen LogP contribution in [0.3, 0.4) is 0 Å². The van der Waals surface area contributed by atoms with Gasteiger partial charge >= 0.3 is 5.97 Å². The average Bonchev–Trinajstić information content (AvgIpc) is 2.44. The number of carbonyl (C=O) groups excluding carboxylic acids is 1. The number of rotatable bonds is 7. The summed E-state index contributed by atoms with van der Waals surface area (Å²) in [6.07, 6.45) is 1.34. The van der Waals surface area contributed by atoms with Gasteiger partial charge in [0, 0.05) is 6.92 Å². The van der Waals surface area contributed by atoms with E-state index in [9.17, 15) is 9.59 Å². The molecule has 0 aliphatic carbocycles.